The average molecular weight is 372 g/mol. The van der Waals surface area contributed by atoms with Crippen molar-refractivity contribution < 1.29 is 14.1 Å². The molecular weight excluding hydrogens is 355 g/mol. The van der Waals surface area contributed by atoms with Crippen LogP contribution in [0.4, 0.5) is 10.1 Å². The van der Waals surface area contributed by atoms with Crippen molar-refractivity contribution in [3.8, 4) is 0 Å². The first-order valence-electron chi connectivity index (χ1n) is 8.09. The van der Waals surface area contributed by atoms with Crippen LogP contribution in [-0.4, -0.2) is 30.4 Å². The first-order chi connectivity index (χ1) is 12.8. The molecule has 0 saturated heterocycles. The molecule has 3 aromatic rings. The van der Waals surface area contributed by atoms with Gasteiger partial charge in [-0.3, -0.25) is 19.6 Å². The number of carbonyl (C=O) groups excluding carboxylic acids is 1. The Bertz CT molecular complexity index is 993. The molecule has 1 amide bonds. The van der Waals surface area contributed by atoms with Gasteiger partial charge in [0.05, 0.1) is 4.92 Å². The van der Waals surface area contributed by atoms with Crippen molar-refractivity contribution in [2.24, 2.45) is 0 Å². The van der Waals surface area contributed by atoms with Crippen LogP contribution in [-0.2, 0) is 13.2 Å². The van der Waals surface area contributed by atoms with Crippen LogP contribution in [0.5, 0.6) is 0 Å². The quantitative estimate of drug-likeness (QED) is 0.527. The fourth-order valence-electron chi connectivity index (χ4n) is 2.66. The molecule has 0 bridgehead atoms. The summed E-state index contributed by atoms with van der Waals surface area (Å²) in [5, 5.41) is 22.1. The van der Waals surface area contributed by atoms with Gasteiger partial charge in [0.25, 0.3) is 5.91 Å². The number of amides is 1. The average Bonchev–Trinajstić information content (AvgIpc) is 3.19. The molecule has 0 atom stereocenters. The van der Waals surface area contributed by atoms with Gasteiger partial charge in [0, 0.05) is 12.7 Å². The molecule has 0 saturated carbocycles. The summed E-state index contributed by atoms with van der Waals surface area (Å²) >= 11 is 0. The molecule has 0 radical (unpaired) electrons. The number of aromatic nitrogens is 4. The molecule has 2 heterocycles. The lowest BCUT2D eigenvalue weighted by Crippen LogP contribution is -2.23. The molecule has 0 spiro atoms. The van der Waals surface area contributed by atoms with Crippen LogP contribution in [0.25, 0.3) is 0 Å². The van der Waals surface area contributed by atoms with E-state index < -0.39 is 4.92 Å². The Morgan fingerprint density at radius 3 is 2.56 bits per heavy atom. The molecule has 0 fully saturated rings. The molecule has 2 aromatic heterocycles. The zero-order valence-electron chi connectivity index (χ0n) is 14.7. The van der Waals surface area contributed by atoms with Crippen LogP contribution >= 0.6 is 0 Å². The number of nitrogens with zero attached hydrogens (tertiary/aromatic N) is 5. The minimum atomic E-state index is -0.467. The highest BCUT2D eigenvalue weighted by atomic mass is 19.1. The second kappa shape index (κ2) is 7.36. The van der Waals surface area contributed by atoms with E-state index in [0.717, 1.165) is 5.56 Å². The molecule has 10 heteroatoms. The summed E-state index contributed by atoms with van der Waals surface area (Å²) in [6.07, 6.45) is 1.59. The van der Waals surface area contributed by atoms with Crippen LogP contribution in [0.1, 0.15) is 27.4 Å². The number of nitrogens with one attached hydrogen (secondary N) is 1. The Balaban J connectivity index is 1.66. The second-order valence-corrected chi connectivity index (χ2v) is 5.97. The number of aryl methyl sites for hydroxylation is 1. The molecule has 9 nitrogen and oxygen atoms in total. The highest BCUT2D eigenvalue weighted by Gasteiger charge is 2.22. The number of carbonyl (C=O) groups is 1. The molecule has 27 heavy (non-hydrogen) atoms. The molecule has 0 unspecified atom stereocenters. The van der Waals surface area contributed by atoms with Crippen molar-refractivity contribution in [1.82, 2.24) is 24.9 Å². The fourth-order valence-corrected chi connectivity index (χ4v) is 2.66. The summed E-state index contributed by atoms with van der Waals surface area (Å²) in [4.78, 5) is 22.8. The van der Waals surface area contributed by atoms with E-state index in [0.29, 0.717) is 11.4 Å². The SMILES string of the molecule is Cc1nn(Cn2ccc(C(=O)NCc3ccc(F)cc3)n2)c(C)c1[N+](=O)[O-]. The van der Waals surface area contributed by atoms with E-state index in [-0.39, 0.29) is 36.3 Å². The monoisotopic (exact) mass is 372 g/mol. The number of halogens is 1. The van der Waals surface area contributed by atoms with Crippen molar-refractivity contribution in [3.63, 3.8) is 0 Å². The van der Waals surface area contributed by atoms with Gasteiger partial charge in [0.2, 0.25) is 0 Å². The maximum absolute atomic E-state index is 12.9. The van der Waals surface area contributed by atoms with E-state index in [1.165, 1.54) is 21.5 Å². The predicted octanol–water partition coefficient (Wildman–Crippen LogP) is 2.18. The van der Waals surface area contributed by atoms with Gasteiger partial charge in [-0.25, -0.2) is 9.07 Å². The van der Waals surface area contributed by atoms with Crippen LogP contribution in [0.3, 0.4) is 0 Å². The van der Waals surface area contributed by atoms with Crippen molar-refractivity contribution in [3.05, 3.63) is 75.1 Å². The van der Waals surface area contributed by atoms with Crippen LogP contribution in [0, 0.1) is 29.8 Å². The lowest BCUT2D eigenvalue weighted by Gasteiger charge is -2.05. The molecule has 0 aliphatic heterocycles. The van der Waals surface area contributed by atoms with Crippen LogP contribution < -0.4 is 5.32 Å². The third-order valence-corrected chi connectivity index (χ3v) is 4.04. The first-order valence-corrected chi connectivity index (χ1v) is 8.09. The number of hydrogen-bond donors (Lipinski definition) is 1. The zero-order valence-corrected chi connectivity index (χ0v) is 14.7. The van der Waals surface area contributed by atoms with Crippen LogP contribution in [0.2, 0.25) is 0 Å². The lowest BCUT2D eigenvalue weighted by molar-refractivity contribution is -0.386. The largest absolute Gasteiger partial charge is 0.347 e. The highest BCUT2D eigenvalue weighted by Crippen LogP contribution is 2.21. The van der Waals surface area contributed by atoms with Crippen molar-refractivity contribution in [1.29, 1.82) is 0 Å². The summed E-state index contributed by atoms with van der Waals surface area (Å²) < 4.78 is 15.8. The van der Waals surface area contributed by atoms with E-state index >= 15 is 0 Å². The lowest BCUT2D eigenvalue weighted by atomic mass is 10.2. The molecule has 0 aliphatic carbocycles. The van der Waals surface area contributed by atoms with Gasteiger partial charge in [0.15, 0.2) is 0 Å². The molecule has 0 aliphatic rings. The second-order valence-electron chi connectivity index (χ2n) is 5.97. The Labute approximate surface area is 153 Å². The van der Waals surface area contributed by atoms with Crippen molar-refractivity contribution in [2.75, 3.05) is 0 Å². The standard InChI is InChI=1S/C17H17FN6O3/c1-11-16(24(26)27)12(2)23(20-11)10-22-8-7-15(21-22)17(25)19-9-13-3-5-14(18)6-4-13/h3-8H,9-10H2,1-2H3,(H,19,25). The smallest absolute Gasteiger partial charge is 0.312 e. The van der Waals surface area contributed by atoms with E-state index in [4.69, 9.17) is 0 Å². The third kappa shape index (κ3) is 4.00. The van der Waals surface area contributed by atoms with Crippen molar-refractivity contribution >= 4 is 11.6 Å². The fraction of sp³-hybridized carbons (Fsp3) is 0.235. The summed E-state index contributed by atoms with van der Waals surface area (Å²) in [5.74, 6) is -0.717. The Kier molecular flexibility index (Phi) is 4.97. The first kappa shape index (κ1) is 18.2. The molecule has 3 rings (SSSR count). The highest BCUT2D eigenvalue weighted by molar-refractivity contribution is 5.92. The number of nitro groups is 1. The van der Waals surface area contributed by atoms with E-state index in [9.17, 15) is 19.3 Å². The summed E-state index contributed by atoms with van der Waals surface area (Å²) in [6, 6.07) is 7.36. The van der Waals surface area contributed by atoms with Gasteiger partial charge in [0.1, 0.15) is 29.6 Å². The normalized spacial score (nSPS) is 10.8. The summed E-state index contributed by atoms with van der Waals surface area (Å²) in [6.45, 7) is 3.57. The van der Waals surface area contributed by atoms with E-state index in [1.54, 1.807) is 38.2 Å². The van der Waals surface area contributed by atoms with Gasteiger partial charge in [-0.05, 0) is 37.6 Å². The Morgan fingerprint density at radius 1 is 1.22 bits per heavy atom. The topological polar surface area (TPSA) is 108 Å². The van der Waals surface area contributed by atoms with E-state index in [2.05, 4.69) is 15.5 Å². The third-order valence-electron chi connectivity index (χ3n) is 4.04. The minimum absolute atomic E-state index is 0.0283. The van der Waals surface area contributed by atoms with Gasteiger partial charge in [-0.2, -0.15) is 10.2 Å². The van der Waals surface area contributed by atoms with Gasteiger partial charge in [-0.15, -0.1) is 0 Å². The zero-order chi connectivity index (χ0) is 19.6. The van der Waals surface area contributed by atoms with Gasteiger partial charge in [-0.1, -0.05) is 12.1 Å². The molecular formula is C17H17FN6O3. The van der Waals surface area contributed by atoms with Crippen LogP contribution in [0.15, 0.2) is 36.5 Å². The molecule has 1 aromatic carbocycles. The van der Waals surface area contributed by atoms with Crippen molar-refractivity contribution in [2.45, 2.75) is 27.1 Å². The summed E-state index contributed by atoms with van der Waals surface area (Å²) in [5.41, 5.74) is 1.67. The van der Waals surface area contributed by atoms with Gasteiger partial charge < -0.3 is 5.32 Å². The van der Waals surface area contributed by atoms with Gasteiger partial charge >= 0.3 is 5.69 Å². The number of benzene rings is 1. The maximum atomic E-state index is 12.9. The Morgan fingerprint density at radius 2 is 1.93 bits per heavy atom. The summed E-state index contributed by atoms with van der Waals surface area (Å²) in [7, 11) is 0. The van der Waals surface area contributed by atoms with E-state index in [1.807, 2.05) is 0 Å². The molecule has 140 valence electrons. The Hall–Kier alpha value is -3.56. The number of rotatable bonds is 6. The number of hydrogen-bond acceptors (Lipinski definition) is 5. The maximum Gasteiger partial charge on any atom is 0.312 e. The molecule has 1 N–H and O–H groups in total. The predicted molar refractivity (Wildman–Crippen MR) is 93.6 cm³/mol. The minimum Gasteiger partial charge on any atom is -0.347 e.